The van der Waals surface area contributed by atoms with E-state index in [1.54, 1.807) is 0 Å². The minimum absolute atomic E-state index is 0.987. The van der Waals surface area contributed by atoms with Crippen LogP contribution in [0.25, 0.3) is 83.6 Å². The zero-order chi connectivity index (χ0) is 38.3. The number of allylic oxidation sites excluding steroid dienone is 3. The second kappa shape index (κ2) is 14.4. The first-order chi connectivity index (χ1) is 28.2. The fourth-order valence-electron chi connectivity index (χ4n) is 8.69. The maximum atomic E-state index is 5.11. The van der Waals surface area contributed by atoms with Crippen molar-refractivity contribution in [1.29, 1.82) is 0 Å². The first-order valence-corrected chi connectivity index (χ1v) is 19.7. The van der Waals surface area contributed by atoms with Crippen molar-refractivity contribution in [1.82, 2.24) is 9.38 Å². The number of aromatic nitrogens is 2. The first-order valence-electron chi connectivity index (χ1n) is 19.7. The highest BCUT2D eigenvalue weighted by atomic mass is 15.0. The van der Waals surface area contributed by atoms with Crippen LogP contribution in [0, 0.1) is 0 Å². The molecule has 0 bridgehead atoms. The van der Waals surface area contributed by atoms with Crippen LogP contribution in [0.5, 0.6) is 0 Å². The molecule has 2 heterocycles. The van der Waals surface area contributed by atoms with Gasteiger partial charge in [0.05, 0.1) is 16.6 Å². The van der Waals surface area contributed by atoms with Crippen LogP contribution in [0.15, 0.2) is 194 Å². The molecule has 0 saturated carbocycles. The van der Waals surface area contributed by atoms with Crippen LogP contribution in [-0.4, -0.2) is 9.38 Å². The normalized spacial score (nSPS) is 12.5. The highest BCUT2D eigenvalue weighted by Gasteiger charge is 2.16. The van der Waals surface area contributed by atoms with Crippen LogP contribution in [-0.2, 0) is 0 Å². The molecule has 0 radical (unpaired) electrons. The molecule has 0 atom stereocenters. The predicted octanol–water partition coefficient (Wildman–Crippen LogP) is 12.8. The van der Waals surface area contributed by atoms with E-state index >= 15 is 0 Å². The fraction of sp³-hybridized carbons (Fsp3) is 0.0364. The van der Waals surface area contributed by atoms with Crippen LogP contribution in [0.2, 0.25) is 0 Å². The Balaban J connectivity index is 1.13. The molecule has 0 saturated heterocycles. The lowest BCUT2D eigenvalue weighted by molar-refractivity contribution is 1.31. The van der Waals surface area contributed by atoms with Crippen molar-refractivity contribution in [2.75, 3.05) is 0 Å². The second-order valence-corrected chi connectivity index (χ2v) is 14.6. The van der Waals surface area contributed by atoms with Gasteiger partial charge in [-0.2, -0.15) is 0 Å². The summed E-state index contributed by atoms with van der Waals surface area (Å²) in [6, 6.07) is 65.7. The third-order valence-electron chi connectivity index (χ3n) is 11.2. The average molecular weight is 729 g/mol. The van der Waals surface area contributed by atoms with E-state index in [9.17, 15) is 0 Å². The lowest BCUT2D eigenvalue weighted by Gasteiger charge is -2.15. The molecule has 270 valence electrons. The topological polar surface area (TPSA) is 17.3 Å². The molecule has 0 spiro atoms. The van der Waals surface area contributed by atoms with Gasteiger partial charge in [0, 0.05) is 10.8 Å². The van der Waals surface area contributed by atoms with Crippen LogP contribution in [0.4, 0.5) is 0 Å². The summed E-state index contributed by atoms with van der Waals surface area (Å²) in [4.78, 5) is 5.11. The third kappa shape index (κ3) is 5.94. The molecule has 57 heavy (non-hydrogen) atoms. The van der Waals surface area contributed by atoms with Crippen LogP contribution in [0.3, 0.4) is 0 Å². The van der Waals surface area contributed by atoms with Crippen molar-refractivity contribution in [3.63, 3.8) is 0 Å². The lowest BCUT2D eigenvalue weighted by Crippen LogP contribution is -2.30. The Morgan fingerprint density at radius 1 is 0.526 bits per heavy atom. The maximum absolute atomic E-state index is 5.11. The number of fused-ring (bicyclic) bond motifs is 9. The van der Waals surface area contributed by atoms with Crippen molar-refractivity contribution in [3.05, 3.63) is 227 Å². The quantitative estimate of drug-likeness (QED) is 0.0947. The number of para-hydroxylation sites is 3. The first kappa shape index (κ1) is 34.2. The highest BCUT2D eigenvalue weighted by Crippen LogP contribution is 2.35. The number of pyridine rings is 1. The van der Waals surface area contributed by atoms with Gasteiger partial charge in [0.2, 0.25) is 0 Å². The van der Waals surface area contributed by atoms with Gasteiger partial charge in [-0.05, 0) is 127 Å². The van der Waals surface area contributed by atoms with E-state index in [0.29, 0.717) is 0 Å². The molecular weight excluding hydrogens is 689 g/mol. The number of imidazole rings is 1. The summed E-state index contributed by atoms with van der Waals surface area (Å²) in [5.41, 5.74) is 13.8. The Morgan fingerprint density at radius 2 is 1.18 bits per heavy atom. The average Bonchev–Trinajstić information content (AvgIpc) is 3.67. The Morgan fingerprint density at radius 3 is 1.89 bits per heavy atom. The van der Waals surface area contributed by atoms with Crippen molar-refractivity contribution in [2.45, 2.75) is 13.8 Å². The molecule has 2 heteroatoms. The van der Waals surface area contributed by atoms with Gasteiger partial charge in [0.25, 0.3) is 0 Å². The van der Waals surface area contributed by atoms with Crippen molar-refractivity contribution in [3.8, 4) is 11.1 Å². The summed E-state index contributed by atoms with van der Waals surface area (Å²) < 4.78 is 2.31. The summed E-state index contributed by atoms with van der Waals surface area (Å²) in [5, 5.41) is 8.50. The van der Waals surface area contributed by atoms with Gasteiger partial charge in [-0.15, -0.1) is 0 Å². The molecule has 2 nitrogen and oxygen atoms in total. The molecule has 0 N–H and O–H groups in total. The van der Waals surface area contributed by atoms with Gasteiger partial charge in [-0.25, -0.2) is 4.98 Å². The van der Waals surface area contributed by atoms with Crippen molar-refractivity contribution in [2.24, 2.45) is 0 Å². The molecule has 10 aromatic rings. The van der Waals surface area contributed by atoms with Crippen molar-refractivity contribution >= 4 is 72.4 Å². The molecule has 0 fully saturated rings. The number of benzene rings is 8. The summed E-state index contributed by atoms with van der Waals surface area (Å²) >= 11 is 0. The SMILES string of the molecule is C/C=C\C(=C/c1ccc(-c2/c(=C/C)c(=C(c3ccccc3)c3ccccc3)cc3ccccc23)cc1)c1ccc2c(c1)c1ccccc1n1c3ccccc3nc21. The van der Waals surface area contributed by atoms with E-state index < -0.39 is 0 Å². The zero-order valence-corrected chi connectivity index (χ0v) is 32.0. The summed E-state index contributed by atoms with van der Waals surface area (Å²) in [5.74, 6) is 0. The molecule has 10 rings (SSSR count). The lowest BCUT2D eigenvalue weighted by atomic mass is 9.89. The summed E-state index contributed by atoms with van der Waals surface area (Å²) in [7, 11) is 0. The molecule has 8 aromatic carbocycles. The Bertz CT molecular complexity index is 3290. The third-order valence-corrected chi connectivity index (χ3v) is 11.2. The predicted molar refractivity (Wildman–Crippen MR) is 244 cm³/mol. The van der Waals surface area contributed by atoms with Crippen LogP contribution < -0.4 is 10.4 Å². The van der Waals surface area contributed by atoms with E-state index in [-0.39, 0.29) is 0 Å². The Labute approximate surface area is 332 Å². The van der Waals surface area contributed by atoms with Gasteiger partial charge < -0.3 is 0 Å². The number of rotatable bonds is 6. The molecule has 2 aromatic heterocycles. The molecule has 0 amide bonds. The fourth-order valence-corrected chi connectivity index (χ4v) is 8.69. The largest absolute Gasteiger partial charge is 0.292 e. The van der Waals surface area contributed by atoms with Crippen LogP contribution >= 0.6 is 0 Å². The van der Waals surface area contributed by atoms with E-state index in [4.69, 9.17) is 4.98 Å². The van der Waals surface area contributed by atoms with Crippen LogP contribution in [0.1, 0.15) is 36.1 Å². The molecule has 0 aliphatic heterocycles. The monoisotopic (exact) mass is 728 g/mol. The summed E-state index contributed by atoms with van der Waals surface area (Å²) in [6.07, 6.45) is 8.92. The van der Waals surface area contributed by atoms with Crippen molar-refractivity contribution < 1.29 is 0 Å². The van der Waals surface area contributed by atoms with Gasteiger partial charge in [-0.3, -0.25) is 4.40 Å². The maximum Gasteiger partial charge on any atom is 0.146 e. The molecule has 0 aliphatic carbocycles. The minimum Gasteiger partial charge on any atom is -0.292 e. The molecule has 0 aliphatic rings. The number of hydrogen-bond donors (Lipinski definition) is 0. The standard InChI is InChI=1S/C55H40N2/c1-3-17-41(42-32-33-47-48(35-42)46-24-13-15-26-51(46)57-52-27-16-14-25-50(52)56-55(47)57)34-37-28-30-40(31-29-37)54-44(4-2)49(36-43-22-11-12-23-45(43)54)53(38-18-7-5-8-19-38)39-20-9-6-10-21-39/h3-36H,1-2H3/b17-3-,41-34+,44-4+. The minimum atomic E-state index is 0.987. The summed E-state index contributed by atoms with van der Waals surface area (Å²) in [6.45, 7) is 4.25. The molecular formula is C55H40N2. The van der Waals surface area contributed by atoms with E-state index in [0.717, 1.165) is 38.7 Å². The number of nitrogens with zero attached hydrogens (tertiary/aromatic N) is 2. The van der Waals surface area contributed by atoms with Gasteiger partial charge in [0.1, 0.15) is 5.65 Å². The number of hydrogen-bond acceptors (Lipinski definition) is 1. The van der Waals surface area contributed by atoms with E-state index in [1.807, 2.05) is 0 Å². The van der Waals surface area contributed by atoms with Gasteiger partial charge in [-0.1, -0.05) is 164 Å². The Kier molecular flexibility index (Phi) is 8.65. The van der Waals surface area contributed by atoms with Gasteiger partial charge in [0.15, 0.2) is 0 Å². The van der Waals surface area contributed by atoms with E-state index in [2.05, 4.69) is 225 Å². The highest BCUT2D eigenvalue weighted by molar-refractivity contribution is 6.15. The van der Waals surface area contributed by atoms with E-state index in [1.165, 1.54) is 65.4 Å². The Hall–Kier alpha value is -7.29. The smallest absolute Gasteiger partial charge is 0.146 e. The van der Waals surface area contributed by atoms with Gasteiger partial charge >= 0.3 is 0 Å². The zero-order valence-electron chi connectivity index (χ0n) is 32.0. The molecule has 0 unspecified atom stereocenters. The second-order valence-electron chi connectivity index (χ2n) is 14.6.